The van der Waals surface area contributed by atoms with E-state index in [4.69, 9.17) is 5.11 Å². The number of alkyl halides is 3. The van der Waals surface area contributed by atoms with Crippen molar-refractivity contribution in [3.63, 3.8) is 0 Å². The van der Waals surface area contributed by atoms with Gasteiger partial charge in [0.05, 0.1) is 12.5 Å². The highest BCUT2D eigenvalue weighted by Gasteiger charge is 2.46. The minimum atomic E-state index is -4.34. The van der Waals surface area contributed by atoms with Crippen molar-refractivity contribution in [3.8, 4) is 0 Å². The molecular weight excluding hydrogens is 265 g/mol. The van der Waals surface area contributed by atoms with Crippen molar-refractivity contribution in [2.45, 2.75) is 38.8 Å². The number of carboxylic acid groups (broad SMARTS) is 1. The molecule has 4 nitrogen and oxygen atoms in total. The van der Waals surface area contributed by atoms with Crippen LogP contribution in [0.4, 0.5) is 13.2 Å². The van der Waals surface area contributed by atoms with Gasteiger partial charge in [0.2, 0.25) is 0 Å². The van der Waals surface area contributed by atoms with Gasteiger partial charge in [-0.25, -0.2) is 0 Å². The first kappa shape index (κ1) is 15.8. The van der Waals surface area contributed by atoms with Crippen LogP contribution >= 0.6 is 0 Å². The topological polar surface area (TPSA) is 63.6 Å². The summed E-state index contributed by atoms with van der Waals surface area (Å²) in [6.07, 6.45) is -4.08. The number of carbonyl (C=O) groups is 2. The van der Waals surface area contributed by atoms with Crippen LogP contribution in [0.25, 0.3) is 0 Å². The second-order valence-electron chi connectivity index (χ2n) is 4.73. The maximum Gasteiger partial charge on any atom is 0.391 e. The Hall–Kier alpha value is -1.27. The van der Waals surface area contributed by atoms with Crippen LogP contribution in [0, 0.1) is 17.8 Å². The summed E-state index contributed by atoms with van der Waals surface area (Å²) >= 11 is 0. The van der Waals surface area contributed by atoms with Gasteiger partial charge in [0, 0.05) is 0 Å². The number of carboxylic acids is 1. The summed E-state index contributed by atoms with van der Waals surface area (Å²) < 4.78 is 42.6. The van der Waals surface area contributed by atoms with Crippen molar-refractivity contribution in [3.05, 3.63) is 0 Å². The van der Waals surface area contributed by atoms with Gasteiger partial charge in [0.25, 0.3) is 0 Å². The molecule has 0 amide bonds. The fraction of sp³-hybridized carbons (Fsp3) is 0.833. The largest absolute Gasteiger partial charge is 0.481 e. The molecule has 0 aromatic heterocycles. The van der Waals surface area contributed by atoms with Gasteiger partial charge < -0.3 is 9.84 Å². The van der Waals surface area contributed by atoms with Crippen LogP contribution in [0.1, 0.15) is 32.6 Å². The maximum absolute atomic E-state index is 12.7. The Bertz CT molecular complexity index is 340. The Morgan fingerprint density at radius 1 is 1.37 bits per heavy atom. The second-order valence-corrected chi connectivity index (χ2v) is 4.73. The molecule has 110 valence electrons. The first-order valence-electron chi connectivity index (χ1n) is 6.23. The van der Waals surface area contributed by atoms with E-state index in [0.29, 0.717) is 6.42 Å². The van der Waals surface area contributed by atoms with Crippen LogP contribution in [0.3, 0.4) is 0 Å². The summed E-state index contributed by atoms with van der Waals surface area (Å²) in [5.74, 6) is -6.18. The Morgan fingerprint density at radius 2 is 2.00 bits per heavy atom. The highest BCUT2D eigenvalue weighted by atomic mass is 19.4. The molecule has 1 saturated carbocycles. The second kappa shape index (κ2) is 6.25. The molecular formula is C12H17F3O4. The molecule has 19 heavy (non-hydrogen) atoms. The molecule has 0 aliphatic heterocycles. The molecule has 0 radical (unpaired) electrons. The van der Waals surface area contributed by atoms with Crippen LogP contribution < -0.4 is 0 Å². The zero-order chi connectivity index (χ0) is 14.6. The first-order valence-corrected chi connectivity index (χ1v) is 6.23. The van der Waals surface area contributed by atoms with E-state index in [2.05, 4.69) is 4.74 Å². The molecule has 3 atom stereocenters. The SMILES string of the molecule is CCOC(=O)C(C(=O)O)C1CCCC(C(F)(F)F)C1. The Labute approximate surface area is 108 Å². The summed E-state index contributed by atoms with van der Waals surface area (Å²) in [5, 5.41) is 9.03. The number of hydrogen-bond acceptors (Lipinski definition) is 3. The average molecular weight is 282 g/mol. The molecule has 1 aliphatic carbocycles. The van der Waals surface area contributed by atoms with Crippen molar-refractivity contribution < 1.29 is 32.6 Å². The number of hydrogen-bond donors (Lipinski definition) is 1. The summed E-state index contributed by atoms with van der Waals surface area (Å²) in [6, 6.07) is 0. The fourth-order valence-electron chi connectivity index (χ4n) is 2.55. The van der Waals surface area contributed by atoms with Crippen molar-refractivity contribution in [1.82, 2.24) is 0 Å². The normalized spacial score (nSPS) is 25.7. The third-order valence-corrected chi connectivity index (χ3v) is 3.46. The van der Waals surface area contributed by atoms with Gasteiger partial charge in [0.15, 0.2) is 5.92 Å². The minimum Gasteiger partial charge on any atom is -0.481 e. The standard InChI is InChI=1S/C12H17F3O4/c1-2-19-11(18)9(10(16)17)7-4-3-5-8(6-7)12(13,14)15/h7-9H,2-6H2,1H3,(H,16,17). The van der Waals surface area contributed by atoms with Crippen molar-refractivity contribution in [2.75, 3.05) is 6.61 Å². The van der Waals surface area contributed by atoms with Gasteiger partial charge in [-0.1, -0.05) is 6.42 Å². The first-order chi connectivity index (χ1) is 8.77. The van der Waals surface area contributed by atoms with Gasteiger partial charge in [0.1, 0.15) is 0 Å². The van der Waals surface area contributed by atoms with Crippen molar-refractivity contribution in [2.24, 2.45) is 17.8 Å². The molecule has 0 spiro atoms. The van der Waals surface area contributed by atoms with Crippen LogP contribution in [0.15, 0.2) is 0 Å². The van der Waals surface area contributed by atoms with Gasteiger partial charge in [-0.15, -0.1) is 0 Å². The molecule has 1 fully saturated rings. The highest BCUT2D eigenvalue weighted by molar-refractivity contribution is 5.94. The molecule has 0 aromatic rings. The monoisotopic (exact) mass is 282 g/mol. The predicted molar refractivity (Wildman–Crippen MR) is 59.3 cm³/mol. The van der Waals surface area contributed by atoms with E-state index >= 15 is 0 Å². The van der Waals surface area contributed by atoms with Gasteiger partial charge in [-0.2, -0.15) is 13.2 Å². The summed E-state index contributed by atoms with van der Waals surface area (Å²) in [4.78, 5) is 22.6. The van der Waals surface area contributed by atoms with E-state index in [1.165, 1.54) is 6.92 Å². The molecule has 1 aliphatic rings. The number of rotatable bonds is 4. The van der Waals surface area contributed by atoms with Gasteiger partial charge in [-0.3, -0.25) is 9.59 Å². The summed E-state index contributed by atoms with van der Waals surface area (Å²) in [6.45, 7) is 1.54. The van der Waals surface area contributed by atoms with E-state index in [0.717, 1.165) is 0 Å². The summed E-state index contributed by atoms with van der Waals surface area (Å²) in [7, 11) is 0. The average Bonchev–Trinajstić information content (AvgIpc) is 2.28. The maximum atomic E-state index is 12.7. The van der Waals surface area contributed by atoms with E-state index in [1.807, 2.05) is 0 Å². The Morgan fingerprint density at radius 3 is 2.47 bits per heavy atom. The molecule has 1 N–H and O–H groups in total. The Kier molecular flexibility index (Phi) is 5.20. The number of carbonyl (C=O) groups excluding carboxylic acids is 1. The highest BCUT2D eigenvalue weighted by Crippen LogP contribution is 2.42. The molecule has 1 rings (SSSR count). The predicted octanol–water partition coefficient (Wildman–Crippen LogP) is 2.62. The quantitative estimate of drug-likeness (QED) is 0.636. The lowest BCUT2D eigenvalue weighted by atomic mass is 9.74. The minimum absolute atomic E-state index is 0.00480. The van der Waals surface area contributed by atoms with Gasteiger partial charge in [-0.05, 0) is 32.1 Å². The summed E-state index contributed by atoms with van der Waals surface area (Å²) in [5.41, 5.74) is 0. The fourth-order valence-corrected chi connectivity index (χ4v) is 2.55. The number of halogens is 3. The lowest BCUT2D eigenvalue weighted by Crippen LogP contribution is -2.38. The molecule has 0 heterocycles. The Balaban J connectivity index is 2.80. The van der Waals surface area contributed by atoms with Crippen LogP contribution in [-0.4, -0.2) is 29.8 Å². The van der Waals surface area contributed by atoms with Crippen LogP contribution in [0.5, 0.6) is 0 Å². The number of aliphatic carboxylic acids is 1. The van der Waals surface area contributed by atoms with E-state index in [-0.39, 0.29) is 25.9 Å². The van der Waals surface area contributed by atoms with Crippen LogP contribution in [0.2, 0.25) is 0 Å². The van der Waals surface area contributed by atoms with Crippen molar-refractivity contribution in [1.29, 1.82) is 0 Å². The molecule has 7 heteroatoms. The smallest absolute Gasteiger partial charge is 0.391 e. The molecule has 0 saturated heterocycles. The third-order valence-electron chi connectivity index (χ3n) is 3.46. The number of esters is 1. The van der Waals surface area contributed by atoms with E-state index in [9.17, 15) is 22.8 Å². The van der Waals surface area contributed by atoms with Crippen LogP contribution in [-0.2, 0) is 14.3 Å². The molecule has 0 aromatic carbocycles. The number of ether oxygens (including phenoxy) is 1. The van der Waals surface area contributed by atoms with E-state index < -0.39 is 35.9 Å². The third kappa shape index (κ3) is 4.11. The van der Waals surface area contributed by atoms with Gasteiger partial charge >= 0.3 is 18.1 Å². The zero-order valence-electron chi connectivity index (χ0n) is 10.6. The van der Waals surface area contributed by atoms with Crippen molar-refractivity contribution >= 4 is 11.9 Å². The lowest BCUT2D eigenvalue weighted by Gasteiger charge is -2.32. The lowest BCUT2D eigenvalue weighted by molar-refractivity contribution is -0.191. The zero-order valence-corrected chi connectivity index (χ0v) is 10.6. The van der Waals surface area contributed by atoms with E-state index in [1.54, 1.807) is 0 Å². The molecule has 0 bridgehead atoms. The molecule has 3 unspecified atom stereocenters.